The number of esters is 6. The summed E-state index contributed by atoms with van der Waals surface area (Å²) >= 11 is 0. The molecule has 2 bridgehead atoms. The van der Waals surface area contributed by atoms with Crippen molar-refractivity contribution in [1.82, 2.24) is 15.2 Å². The first-order chi connectivity index (χ1) is 44.3. The lowest BCUT2D eigenvalue weighted by molar-refractivity contribution is -0.346. The Labute approximate surface area is 535 Å². The van der Waals surface area contributed by atoms with E-state index in [4.69, 9.17) is 43.1 Å². The molecule has 22 heteroatoms. The van der Waals surface area contributed by atoms with E-state index in [2.05, 4.69) is 5.32 Å². The van der Waals surface area contributed by atoms with Gasteiger partial charge < -0.3 is 58.7 Å². The Kier molecular flexibility index (Phi) is 16.7. The zero-order valence-corrected chi connectivity index (χ0v) is 52.4. The minimum absolute atomic E-state index is 0.0120. The third kappa shape index (κ3) is 11.0. The van der Waals surface area contributed by atoms with E-state index < -0.39 is 143 Å². The molecule has 4 fully saturated rings. The summed E-state index contributed by atoms with van der Waals surface area (Å²) in [6.07, 6.45) is -6.10. The molecule has 13 atom stereocenters. The Hall–Kier alpha value is -9.22. The van der Waals surface area contributed by atoms with Crippen LogP contribution in [0.3, 0.4) is 0 Å². The average molecular weight is 1270 g/mol. The number of nitrogens with one attached hydrogen (secondary N) is 1. The highest BCUT2D eigenvalue weighted by atomic mass is 16.7. The van der Waals surface area contributed by atoms with Crippen molar-refractivity contribution in [3.63, 3.8) is 0 Å². The summed E-state index contributed by atoms with van der Waals surface area (Å²) in [6, 6.07) is 29.8. The van der Waals surface area contributed by atoms with E-state index in [0.717, 1.165) is 30.4 Å². The van der Waals surface area contributed by atoms with Crippen molar-refractivity contribution in [3.8, 4) is 0 Å². The molecule has 4 aromatic carbocycles. The van der Waals surface area contributed by atoms with Crippen molar-refractivity contribution in [2.45, 2.75) is 153 Å². The molecule has 5 aromatic rings. The van der Waals surface area contributed by atoms with Gasteiger partial charge in [-0.25, -0.2) is 14.6 Å². The topological polar surface area (TPSA) is 302 Å². The standard InChI is InChI=1S/C71H72N4O18/c1-8-71(86)48-31-50-58-47(36-75(50)35-44(48)30-55(79)93-71)46(45-26-18-19-27-49(45)73-58)34-72-29-28-54(78)90-52-32-53-69(37-87-53,92-40(4)77)61-63(91-65(83)43-24-16-11-17-25-43)70(85)33-51(38(2)56(67(70,5)6)60(88-39(3)76)62(81)68(52,61)7)89-66(84)59(80)57(41-20-12-9-13-21-41)74-64(82)42-22-14-10-15-23-42/h9-27,31,34-35,50-53,57,59-61,63,80,85-86H,8,28-30,32-33,36-37H2,1-7H3,(H,74,82)/t50?,51-,52-,53+,57-,59+,60+,61?,63?,68+,69-,70+,71+/m0/s1. The van der Waals surface area contributed by atoms with Crippen LogP contribution in [0.15, 0.2) is 155 Å². The van der Waals surface area contributed by atoms with Crippen molar-refractivity contribution < 1.29 is 86.8 Å². The van der Waals surface area contributed by atoms with E-state index in [1.54, 1.807) is 106 Å². The van der Waals surface area contributed by atoms with Crippen molar-refractivity contribution in [1.29, 1.82) is 0 Å². The first-order valence-corrected chi connectivity index (χ1v) is 31.1. The molecular formula is C71H72N4O18. The fraction of sp³-hybridized carbons (Fsp3) is 0.408. The second kappa shape index (κ2) is 24.4. The molecule has 2 saturated carbocycles. The van der Waals surface area contributed by atoms with Crippen LogP contribution in [0.1, 0.15) is 136 Å². The van der Waals surface area contributed by atoms with E-state index >= 15 is 4.79 Å². The molecule has 2 saturated heterocycles. The van der Waals surface area contributed by atoms with Gasteiger partial charge in [0.1, 0.15) is 30.0 Å². The molecular weight excluding hydrogens is 1200 g/mol. The van der Waals surface area contributed by atoms with Crippen LogP contribution in [0.5, 0.6) is 0 Å². The maximum absolute atomic E-state index is 16.6. The number of benzene rings is 4. The van der Waals surface area contributed by atoms with Gasteiger partial charge in [0, 0.05) is 91.7 Å². The summed E-state index contributed by atoms with van der Waals surface area (Å²) in [6.45, 7) is 9.81. The van der Waals surface area contributed by atoms with E-state index in [-0.39, 0.29) is 54.5 Å². The maximum Gasteiger partial charge on any atom is 0.338 e. The average Bonchev–Trinajstić information content (AvgIpc) is 1.08. The van der Waals surface area contributed by atoms with Crippen molar-refractivity contribution >= 4 is 64.6 Å². The maximum atomic E-state index is 16.6. The number of para-hydroxylation sites is 1. The van der Waals surface area contributed by atoms with Crippen LogP contribution in [0, 0.1) is 16.7 Å². The first-order valence-electron chi connectivity index (χ1n) is 31.1. The van der Waals surface area contributed by atoms with Crippen LogP contribution in [0.4, 0.5) is 0 Å². The van der Waals surface area contributed by atoms with Crippen LogP contribution >= 0.6 is 0 Å². The van der Waals surface area contributed by atoms with Crippen LogP contribution in [-0.2, 0) is 68.5 Å². The lowest BCUT2D eigenvalue weighted by Gasteiger charge is -2.67. The summed E-state index contributed by atoms with van der Waals surface area (Å²) in [4.78, 5) is 126. The molecule has 4 aliphatic heterocycles. The van der Waals surface area contributed by atoms with Gasteiger partial charge in [0.15, 0.2) is 23.6 Å². The summed E-state index contributed by atoms with van der Waals surface area (Å²) < 4.78 is 43.5. The molecule has 1 amide bonds. The van der Waals surface area contributed by atoms with Gasteiger partial charge in [-0.15, -0.1) is 0 Å². The smallest absolute Gasteiger partial charge is 0.338 e. The SMILES string of the molecule is CC[C@@]1(O)OC(=O)CC2=CN3Cc4c(nc5ccccc5c4C=NCCC(=O)O[C@H]4C[C@H]5OC[C@@]5(OC(C)=O)C5C(OC(=O)c6ccccc6)[C@]6(O)C[C@H](OC(=O)[C@H](O)[C@@H](NC(=O)c7ccccc7)c7ccccc7)C(C)=C([C@@H](OC(C)=O)C(=O)[C@@]54C)C6(C)C)C3C=C21. The van der Waals surface area contributed by atoms with Gasteiger partial charge in [-0.1, -0.05) is 106 Å². The number of carbonyl (C=O) groups is 8. The minimum Gasteiger partial charge on any atom is -0.461 e. The number of aromatic nitrogens is 1. The van der Waals surface area contributed by atoms with Crippen LogP contribution in [0.2, 0.25) is 0 Å². The van der Waals surface area contributed by atoms with Gasteiger partial charge in [0.2, 0.25) is 5.79 Å². The largest absolute Gasteiger partial charge is 0.461 e. The molecule has 12 rings (SSSR count). The number of ketones is 1. The fourth-order valence-corrected chi connectivity index (χ4v) is 15.2. The second-order valence-electron chi connectivity index (χ2n) is 25.6. The summed E-state index contributed by atoms with van der Waals surface area (Å²) in [5, 5.41) is 41.4. The fourth-order valence-electron chi connectivity index (χ4n) is 15.2. The highest BCUT2D eigenvalue weighted by Crippen LogP contribution is 2.65. The number of aliphatic hydroxyl groups excluding tert-OH is 1. The number of nitrogens with zero attached hydrogens (tertiary/aromatic N) is 3. The number of carbonyl (C=O) groups excluding carboxylic acids is 8. The normalized spacial score (nSPS) is 29.5. The number of fused-ring (bicyclic) bond motifs is 10. The summed E-state index contributed by atoms with van der Waals surface area (Å²) in [5.41, 5.74) is -3.80. The van der Waals surface area contributed by atoms with Gasteiger partial charge in [-0.05, 0) is 72.5 Å². The molecule has 3 aliphatic carbocycles. The van der Waals surface area contributed by atoms with E-state index in [1.165, 1.54) is 26.0 Å². The number of Topliss-reactive ketones (excluding diaryl/α,β-unsaturated/α-hetero) is 1. The van der Waals surface area contributed by atoms with Gasteiger partial charge in [0.05, 0.1) is 59.6 Å². The number of hydrogen-bond acceptors (Lipinski definition) is 21. The Morgan fingerprint density at radius 1 is 0.849 bits per heavy atom. The zero-order valence-electron chi connectivity index (χ0n) is 52.4. The molecule has 3 unspecified atom stereocenters. The van der Waals surface area contributed by atoms with Crippen LogP contribution in [-0.4, -0.2) is 146 Å². The van der Waals surface area contributed by atoms with Gasteiger partial charge in [-0.3, -0.25) is 33.8 Å². The Bertz CT molecular complexity index is 4020. The summed E-state index contributed by atoms with van der Waals surface area (Å²) in [7, 11) is 0. The van der Waals surface area contributed by atoms with E-state index in [9.17, 15) is 48.9 Å². The lowest BCUT2D eigenvalue weighted by atomic mass is 9.44. The van der Waals surface area contributed by atoms with Crippen molar-refractivity contribution in [2.24, 2.45) is 21.7 Å². The number of ether oxygens (including phenoxy) is 7. The Morgan fingerprint density at radius 3 is 2.17 bits per heavy atom. The molecule has 0 radical (unpaired) electrons. The quantitative estimate of drug-likeness (QED) is 0.0332. The number of pyridine rings is 1. The van der Waals surface area contributed by atoms with E-state index in [1.807, 2.05) is 41.4 Å². The third-order valence-electron chi connectivity index (χ3n) is 19.9. The molecule has 4 N–H and O–H groups in total. The number of amides is 1. The van der Waals surface area contributed by atoms with Crippen molar-refractivity contribution in [2.75, 3.05) is 13.2 Å². The number of hydrogen-bond donors (Lipinski definition) is 4. The highest BCUT2D eigenvalue weighted by molar-refractivity contribution is 6.01. The minimum atomic E-state index is -2.54. The van der Waals surface area contributed by atoms with E-state index in [0.29, 0.717) is 34.5 Å². The van der Waals surface area contributed by atoms with Crippen LogP contribution < -0.4 is 5.32 Å². The number of cyclic esters (lactones) is 1. The van der Waals surface area contributed by atoms with Crippen LogP contribution in [0.25, 0.3) is 10.9 Å². The molecule has 93 heavy (non-hydrogen) atoms. The predicted molar refractivity (Wildman–Crippen MR) is 331 cm³/mol. The lowest BCUT2D eigenvalue weighted by Crippen LogP contribution is -2.82. The predicted octanol–water partition coefficient (Wildman–Crippen LogP) is 7.07. The number of aliphatic hydroxyl groups is 3. The molecule has 7 aliphatic rings. The Balaban J connectivity index is 0.910. The molecule has 484 valence electrons. The Morgan fingerprint density at radius 2 is 1.52 bits per heavy atom. The molecule has 5 heterocycles. The summed E-state index contributed by atoms with van der Waals surface area (Å²) in [5.74, 6) is -10.5. The third-order valence-corrected chi connectivity index (χ3v) is 19.9. The second-order valence-corrected chi connectivity index (χ2v) is 25.6. The number of rotatable bonds is 16. The van der Waals surface area contributed by atoms with Crippen molar-refractivity contribution in [3.05, 3.63) is 183 Å². The van der Waals surface area contributed by atoms with Gasteiger partial charge in [0.25, 0.3) is 5.91 Å². The van der Waals surface area contributed by atoms with Gasteiger partial charge in [-0.2, -0.15) is 0 Å². The number of aliphatic imine (C=N–C) groups is 1. The van der Waals surface area contributed by atoms with Gasteiger partial charge >= 0.3 is 35.8 Å². The zero-order chi connectivity index (χ0) is 66.1. The highest BCUT2D eigenvalue weighted by Gasteiger charge is 2.79. The molecule has 22 nitrogen and oxygen atoms in total. The monoisotopic (exact) mass is 1270 g/mol. The first kappa shape index (κ1) is 63.9. The molecule has 1 aromatic heterocycles. The molecule has 0 spiro atoms.